The zero-order valence-corrected chi connectivity index (χ0v) is 23.4. The van der Waals surface area contributed by atoms with Crippen LogP contribution >= 0.6 is 11.3 Å². The number of benzene rings is 2. The summed E-state index contributed by atoms with van der Waals surface area (Å²) in [6, 6.07) is 10.7. The SMILES string of the molecule is CCCCCCc1nc(-c2ccc(C(F)(F)F)cc2)sc1CCC(O)c1ccc(C)c(OC(C)(C)CO)c1. The lowest BCUT2D eigenvalue weighted by molar-refractivity contribution is -0.137. The van der Waals surface area contributed by atoms with Crippen LogP contribution in [0.4, 0.5) is 13.2 Å². The lowest BCUT2D eigenvalue weighted by Gasteiger charge is -2.25. The Kier molecular flexibility index (Phi) is 10.4. The highest BCUT2D eigenvalue weighted by atomic mass is 32.1. The number of ether oxygens (including phenoxy) is 1. The van der Waals surface area contributed by atoms with Gasteiger partial charge >= 0.3 is 6.18 Å². The number of alkyl halides is 3. The minimum Gasteiger partial charge on any atom is -0.485 e. The first-order valence-electron chi connectivity index (χ1n) is 13.2. The van der Waals surface area contributed by atoms with Crippen molar-refractivity contribution in [3.63, 3.8) is 0 Å². The van der Waals surface area contributed by atoms with Crippen molar-refractivity contribution in [1.82, 2.24) is 4.98 Å². The summed E-state index contributed by atoms with van der Waals surface area (Å²) in [4.78, 5) is 5.86. The number of aromatic nitrogens is 1. The van der Waals surface area contributed by atoms with Crippen LogP contribution in [0.15, 0.2) is 42.5 Å². The molecule has 0 aliphatic rings. The second-order valence-electron chi connectivity index (χ2n) is 10.4. The molecule has 8 heteroatoms. The van der Waals surface area contributed by atoms with Crippen LogP contribution in [0.25, 0.3) is 10.6 Å². The number of nitrogens with zero attached hydrogens (tertiary/aromatic N) is 1. The Hall–Kier alpha value is -2.42. The third-order valence-corrected chi connectivity index (χ3v) is 7.72. The summed E-state index contributed by atoms with van der Waals surface area (Å²) >= 11 is 1.49. The Morgan fingerprint density at radius 2 is 1.71 bits per heavy atom. The highest BCUT2D eigenvalue weighted by Crippen LogP contribution is 2.35. The summed E-state index contributed by atoms with van der Waals surface area (Å²) in [6.45, 7) is 7.55. The van der Waals surface area contributed by atoms with Gasteiger partial charge in [-0.3, -0.25) is 0 Å². The van der Waals surface area contributed by atoms with E-state index in [1.165, 1.54) is 23.5 Å². The maximum atomic E-state index is 13.0. The van der Waals surface area contributed by atoms with Crippen LogP contribution in [0.2, 0.25) is 0 Å². The maximum absolute atomic E-state index is 13.0. The molecule has 0 amide bonds. The molecule has 0 saturated heterocycles. The molecule has 0 radical (unpaired) electrons. The van der Waals surface area contributed by atoms with Crippen LogP contribution in [0, 0.1) is 6.92 Å². The summed E-state index contributed by atoms with van der Waals surface area (Å²) in [5.41, 5.74) is 1.86. The van der Waals surface area contributed by atoms with Gasteiger partial charge in [0.15, 0.2) is 0 Å². The van der Waals surface area contributed by atoms with Gasteiger partial charge in [0, 0.05) is 10.4 Å². The number of aliphatic hydroxyl groups excluding tert-OH is 2. The van der Waals surface area contributed by atoms with Crippen LogP contribution < -0.4 is 4.74 Å². The van der Waals surface area contributed by atoms with Crippen LogP contribution in [0.5, 0.6) is 5.75 Å². The third kappa shape index (κ3) is 8.29. The van der Waals surface area contributed by atoms with Crippen molar-refractivity contribution in [3.8, 4) is 16.3 Å². The number of aryl methyl sites for hydroxylation is 3. The molecule has 2 N–H and O–H groups in total. The van der Waals surface area contributed by atoms with Crippen molar-refractivity contribution in [3.05, 3.63) is 69.7 Å². The fraction of sp³-hybridized carbons (Fsp3) is 0.500. The van der Waals surface area contributed by atoms with Crippen LogP contribution in [0.3, 0.4) is 0 Å². The fourth-order valence-corrected chi connectivity index (χ4v) is 5.25. The Labute approximate surface area is 227 Å². The molecule has 3 rings (SSSR count). The topological polar surface area (TPSA) is 62.6 Å². The molecule has 1 unspecified atom stereocenters. The lowest BCUT2D eigenvalue weighted by atomic mass is 10.0. The molecular formula is C30H38F3NO3S. The second kappa shape index (κ2) is 13.1. The summed E-state index contributed by atoms with van der Waals surface area (Å²) in [5, 5.41) is 21.2. The molecule has 2 aromatic carbocycles. The standard InChI is InChI=1S/C30H38F3NO3S/c1-5-6-7-8-9-24-27(38-28(34-24)21-12-14-23(15-13-21)30(31,32)33)17-16-25(36)22-11-10-20(2)26(18-22)37-29(3,4)19-35/h10-15,18,25,35-36H,5-9,16-17,19H2,1-4H3. The molecule has 0 bridgehead atoms. The third-order valence-electron chi connectivity index (χ3n) is 6.51. The number of rotatable bonds is 13. The van der Waals surface area contributed by atoms with Crippen molar-refractivity contribution in [1.29, 1.82) is 0 Å². The number of halogens is 3. The number of thiazole rings is 1. The number of unbranched alkanes of at least 4 members (excludes halogenated alkanes) is 3. The first kappa shape index (κ1) is 30.1. The van der Waals surface area contributed by atoms with Gasteiger partial charge in [-0.1, -0.05) is 50.5 Å². The van der Waals surface area contributed by atoms with Crippen LogP contribution in [-0.2, 0) is 19.0 Å². The van der Waals surface area contributed by atoms with E-state index in [0.717, 1.165) is 65.9 Å². The van der Waals surface area contributed by atoms with Crippen molar-refractivity contribution in [2.75, 3.05) is 6.61 Å². The van der Waals surface area contributed by atoms with Gasteiger partial charge < -0.3 is 14.9 Å². The average Bonchev–Trinajstić information content (AvgIpc) is 3.29. The van der Waals surface area contributed by atoms with E-state index in [2.05, 4.69) is 6.92 Å². The van der Waals surface area contributed by atoms with Crippen LogP contribution in [0.1, 0.15) is 86.2 Å². The number of hydrogen-bond donors (Lipinski definition) is 2. The van der Waals surface area contributed by atoms with E-state index in [4.69, 9.17) is 9.72 Å². The minimum absolute atomic E-state index is 0.132. The highest BCUT2D eigenvalue weighted by Gasteiger charge is 2.30. The number of aliphatic hydroxyl groups is 2. The molecule has 1 aromatic heterocycles. The molecule has 1 heterocycles. The Balaban J connectivity index is 1.78. The molecule has 3 aromatic rings. The van der Waals surface area contributed by atoms with Crippen molar-refractivity contribution >= 4 is 11.3 Å². The first-order valence-corrected chi connectivity index (χ1v) is 14.0. The second-order valence-corrected chi connectivity index (χ2v) is 11.5. The fourth-order valence-electron chi connectivity index (χ4n) is 4.12. The predicted octanol–water partition coefficient (Wildman–Crippen LogP) is 8.08. The molecule has 0 saturated carbocycles. The van der Waals surface area contributed by atoms with Crippen molar-refractivity contribution in [2.45, 2.75) is 90.5 Å². The predicted molar refractivity (Wildman–Crippen MR) is 147 cm³/mol. The highest BCUT2D eigenvalue weighted by molar-refractivity contribution is 7.15. The molecular weight excluding hydrogens is 511 g/mol. The molecule has 0 fully saturated rings. The normalized spacial score (nSPS) is 13.1. The summed E-state index contributed by atoms with van der Waals surface area (Å²) in [7, 11) is 0. The molecule has 208 valence electrons. The Morgan fingerprint density at radius 1 is 1.00 bits per heavy atom. The molecule has 4 nitrogen and oxygen atoms in total. The minimum atomic E-state index is -4.37. The van der Waals surface area contributed by atoms with Gasteiger partial charge in [0.05, 0.1) is 24.0 Å². The summed E-state index contributed by atoms with van der Waals surface area (Å²) in [6.07, 6.45) is 1.17. The van der Waals surface area contributed by atoms with E-state index in [1.54, 1.807) is 13.8 Å². The van der Waals surface area contributed by atoms with Crippen molar-refractivity contribution in [2.24, 2.45) is 0 Å². The van der Waals surface area contributed by atoms with E-state index in [1.807, 2.05) is 25.1 Å². The average molecular weight is 550 g/mol. The van der Waals surface area contributed by atoms with Gasteiger partial charge in [0.1, 0.15) is 16.4 Å². The van der Waals surface area contributed by atoms with Gasteiger partial charge in [-0.2, -0.15) is 13.2 Å². The molecule has 0 spiro atoms. The van der Waals surface area contributed by atoms with Gasteiger partial charge in [-0.15, -0.1) is 11.3 Å². The maximum Gasteiger partial charge on any atom is 0.416 e. The molecule has 38 heavy (non-hydrogen) atoms. The van der Waals surface area contributed by atoms with E-state index in [0.29, 0.717) is 29.2 Å². The van der Waals surface area contributed by atoms with Gasteiger partial charge in [-0.25, -0.2) is 4.98 Å². The van der Waals surface area contributed by atoms with Gasteiger partial charge in [0.25, 0.3) is 0 Å². The Morgan fingerprint density at radius 3 is 2.34 bits per heavy atom. The quantitative estimate of drug-likeness (QED) is 0.212. The summed E-state index contributed by atoms with van der Waals surface area (Å²) < 4.78 is 45.0. The smallest absolute Gasteiger partial charge is 0.416 e. The van der Waals surface area contributed by atoms with E-state index >= 15 is 0 Å². The Bertz CT molecular complexity index is 1170. The summed E-state index contributed by atoms with van der Waals surface area (Å²) in [5.74, 6) is 0.625. The van der Waals surface area contributed by atoms with Crippen LogP contribution in [-0.4, -0.2) is 27.4 Å². The molecule has 1 atom stereocenters. The number of hydrogen-bond acceptors (Lipinski definition) is 5. The van der Waals surface area contributed by atoms with Gasteiger partial charge in [-0.05, 0) is 75.8 Å². The largest absolute Gasteiger partial charge is 0.485 e. The molecule has 0 aliphatic heterocycles. The van der Waals surface area contributed by atoms with E-state index in [9.17, 15) is 23.4 Å². The molecule has 0 aliphatic carbocycles. The monoisotopic (exact) mass is 549 g/mol. The zero-order valence-electron chi connectivity index (χ0n) is 22.6. The van der Waals surface area contributed by atoms with Crippen molar-refractivity contribution < 1.29 is 28.1 Å². The van der Waals surface area contributed by atoms with E-state index < -0.39 is 23.4 Å². The van der Waals surface area contributed by atoms with E-state index in [-0.39, 0.29) is 6.61 Å². The first-order chi connectivity index (χ1) is 17.9. The zero-order chi connectivity index (χ0) is 27.9. The lowest BCUT2D eigenvalue weighted by Crippen LogP contribution is -2.32. The van der Waals surface area contributed by atoms with Gasteiger partial charge in [0.2, 0.25) is 0 Å².